The molecule has 1 heterocycles. The average molecular weight is 300 g/mol. The van der Waals surface area contributed by atoms with Crippen molar-refractivity contribution < 1.29 is 13.2 Å². The van der Waals surface area contributed by atoms with Crippen LogP contribution in [0.15, 0.2) is 24.3 Å². The molecule has 1 aromatic rings. The molecule has 0 aliphatic carbocycles. The first kappa shape index (κ1) is 14.1. The number of rotatable bonds is 4. The second-order valence-electron chi connectivity index (χ2n) is 4.39. The molecule has 0 amide bonds. The molecule has 7 heteroatoms. The molecule has 1 aromatic carbocycles. The molecule has 0 bridgehead atoms. The van der Waals surface area contributed by atoms with Crippen molar-refractivity contribution in [2.24, 2.45) is 5.73 Å². The SMILES string of the molecule is NC(=S)COc1ccc(N2CCS(=O)(=O)CC2)cc1. The summed E-state index contributed by atoms with van der Waals surface area (Å²) in [7, 11) is -2.84. The van der Waals surface area contributed by atoms with Gasteiger partial charge < -0.3 is 15.4 Å². The summed E-state index contributed by atoms with van der Waals surface area (Å²) in [5.74, 6) is 1.13. The molecular formula is C12H16N2O3S2. The molecule has 5 nitrogen and oxygen atoms in total. The molecular weight excluding hydrogens is 284 g/mol. The van der Waals surface area contributed by atoms with Crippen LogP contribution in [0.3, 0.4) is 0 Å². The van der Waals surface area contributed by atoms with Crippen LogP contribution in [-0.4, -0.2) is 44.6 Å². The maximum absolute atomic E-state index is 11.4. The highest BCUT2D eigenvalue weighted by Gasteiger charge is 2.21. The van der Waals surface area contributed by atoms with E-state index in [0.717, 1.165) is 5.69 Å². The first-order valence-electron chi connectivity index (χ1n) is 5.93. The van der Waals surface area contributed by atoms with Crippen LogP contribution in [-0.2, 0) is 9.84 Å². The zero-order chi connectivity index (χ0) is 13.9. The molecule has 0 unspecified atom stereocenters. The van der Waals surface area contributed by atoms with Gasteiger partial charge in [0, 0.05) is 18.8 Å². The zero-order valence-electron chi connectivity index (χ0n) is 10.4. The normalized spacial score (nSPS) is 18.0. The van der Waals surface area contributed by atoms with E-state index in [1.807, 2.05) is 24.3 Å². The Balaban J connectivity index is 1.97. The minimum absolute atomic E-state index is 0.215. The van der Waals surface area contributed by atoms with Gasteiger partial charge >= 0.3 is 0 Å². The fourth-order valence-corrected chi connectivity index (χ4v) is 3.14. The lowest BCUT2D eigenvalue weighted by molar-refractivity contribution is 0.377. The molecule has 1 aliphatic heterocycles. The molecule has 0 spiro atoms. The molecule has 0 radical (unpaired) electrons. The number of ether oxygens (including phenoxy) is 1. The van der Waals surface area contributed by atoms with Crippen molar-refractivity contribution >= 4 is 32.7 Å². The Labute approximate surface area is 118 Å². The molecule has 0 saturated carbocycles. The second kappa shape index (κ2) is 5.75. The van der Waals surface area contributed by atoms with E-state index in [-0.39, 0.29) is 18.1 Å². The number of anilines is 1. The molecule has 1 saturated heterocycles. The molecule has 1 aliphatic rings. The predicted octanol–water partition coefficient (Wildman–Crippen LogP) is 0.586. The van der Waals surface area contributed by atoms with Crippen molar-refractivity contribution in [3.8, 4) is 5.75 Å². The highest BCUT2D eigenvalue weighted by atomic mass is 32.2. The highest BCUT2D eigenvalue weighted by Crippen LogP contribution is 2.21. The maximum atomic E-state index is 11.4. The number of sulfone groups is 1. The summed E-state index contributed by atoms with van der Waals surface area (Å²) < 4.78 is 28.1. The standard InChI is InChI=1S/C12H16N2O3S2/c13-12(18)9-17-11-3-1-10(2-4-11)14-5-7-19(15,16)8-6-14/h1-4H,5-9H2,(H2,13,18). The van der Waals surface area contributed by atoms with Gasteiger partial charge in [-0.1, -0.05) is 12.2 Å². The molecule has 2 rings (SSSR count). The van der Waals surface area contributed by atoms with Crippen molar-refractivity contribution in [3.63, 3.8) is 0 Å². The molecule has 19 heavy (non-hydrogen) atoms. The van der Waals surface area contributed by atoms with Crippen molar-refractivity contribution in [3.05, 3.63) is 24.3 Å². The van der Waals surface area contributed by atoms with E-state index in [1.54, 1.807) is 0 Å². The Hall–Kier alpha value is -1.34. The van der Waals surface area contributed by atoms with Crippen molar-refractivity contribution in [2.75, 3.05) is 36.1 Å². The van der Waals surface area contributed by atoms with Crippen LogP contribution in [0.25, 0.3) is 0 Å². The largest absolute Gasteiger partial charge is 0.487 e. The van der Waals surface area contributed by atoms with Crippen LogP contribution in [0.4, 0.5) is 5.69 Å². The lowest BCUT2D eigenvalue weighted by Crippen LogP contribution is -2.40. The predicted molar refractivity (Wildman–Crippen MR) is 79.6 cm³/mol. The van der Waals surface area contributed by atoms with Gasteiger partial charge in [0.25, 0.3) is 0 Å². The van der Waals surface area contributed by atoms with Crippen molar-refractivity contribution in [2.45, 2.75) is 0 Å². The first-order chi connectivity index (χ1) is 8.96. The molecule has 0 atom stereocenters. The van der Waals surface area contributed by atoms with Crippen LogP contribution in [0.5, 0.6) is 5.75 Å². The van der Waals surface area contributed by atoms with Gasteiger partial charge in [-0.25, -0.2) is 8.42 Å². The maximum Gasteiger partial charge on any atom is 0.153 e. The summed E-state index contributed by atoms with van der Waals surface area (Å²) in [4.78, 5) is 2.36. The Kier molecular flexibility index (Phi) is 4.26. The Morgan fingerprint density at radius 2 is 1.84 bits per heavy atom. The van der Waals surface area contributed by atoms with E-state index in [2.05, 4.69) is 4.90 Å². The Morgan fingerprint density at radius 3 is 2.37 bits per heavy atom. The van der Waals surface area contributed by atoms with Crippen molar-refractivity contribution in [1.29, 1.82) is 0 Å². The fourth-order valence-electron chi connectivity index (χ4n) is 1.88. The van der Waals surface area contributed by atoms with Crippen LogP contribution in [0.2, 0.25) is 0 Å². The lowest BCUT2D eigenvalue weighted by atomic mass is 10.2. The number of nitrogens with two attached hydrogens (primary N) is 1. The van der Waals surface area contributed by atoms with E-state index in [4.69, 9.17) is 22.7 Å². The summed E-state index contributed by atoms with van der Waals surface area (Å²) in [6.45, 7) is 1.29. The van der Waals surface area contributed by atoms with E-state index in [9.17, 15) is 8.42 Å². The third-order valence-electron chi connectivity index (χ3n) is 2.93. The molecule has 2 N–H and O–H groups in total. The molecule has 104 valence electrons. The summed E-state index contributed by atoms with van der Waals surface area (Å²) in [5.41, 5.74) is 6.35. The Bertz CT molecular complexity index is 541. The molecule has 1 fully saturated rings. The van der Waals surface area contributed by atoms with Crippen molar-refractivity contribution in [1.82, 2.24) is 0 Å². The Morgan fingerprint density at radius 1 is 1.26 bits per heavy atom. The van der Waals surface area contributed by atoms with E-state index in [1.165, 1.54) is 0 Å². The van der Waals surface area contributed by atoms with Gasteiger partial charge in [-0.3, -0.25) is 0 Å². The second-order valence-corrected chi connectivity index (χ2v) is 7.22. The number of hydrogen-bond acceptors (Lipinski definition) is 5. The minimum Gasteiger partial charge on any atom is -0.487 e. The summed E-state index contributed by atoms with van der Waals surface area (Å²) in [6.07, 6.45) is 0. The smallest absolute Gasteiger partial charge is 0.153 e. The third-order valence-corrected chi connectivity index (χ3v) is 4.65. The summed E-state index contributed by atoms with van der Waals surface area (Å²) >= 11 is 4.73. The third kappa shape index (κ3) is 4.07. The van der Waals surface area contributed by atoms with Gasteiger partial charge in [-0.15, -0.1) is 0 Å². The number of nitrogens with zero attached hydrogens (tertiary/aromatic N) is 1. The van der Waals surface area contributed by atoms with E-state index >= 15 is 0 Å². The first-order valence-corrected chi connectivity index (χ1v) is 8.16. The van der Waals surface area contributed by atoms with Crippen LogP contribution >= 0.6 is 12.2 Å². The fraction of sp³-hybridized carbons (Fsp3) is 0.417. The highest BCUT2D eigenvalue weighted by molar-refractivity contribution is 7.91. The minimum atomic E-state index is -2.84. The van der Waals surface area contributed by atoms with Crippen LogP contribution in [0, 0.1) is 0 Å². The van der Waals surface area contributed by atoms with Gasteiger partial charge in [0.1, 0.15) is 17.3 Å². The van der Waals surface area contributed by atoms with Gasteiger partial charge in [0.05, 0.1) is 11.5 Å². The average Bonchev–Trinajstić information content (AvgIpc) is 2.37. The van der Waals surface area contributed by atoms with Crippen LogP contribution in [0.1, 0.15) is 0 Å². The molecule has 0 aromatic heterocycles. The number of thiocarbonyl (C=S) groups is 1. The lowest BCUT2D eigenvalue weighted by Gasteiger charge is -2.28. The number of hydrogen-bond donors (Lipinski definition) is 1. The van der Waals surface area contributed by atoms with E-state index < -0.39 is 9.84 Å². The number of benzene rings is 1. The van der Waals surface area contributed by atoms with Crippen LogP contribution < -0.4 is 15.4 Å². The summed E-state index contributed by atoms with van der Waals surface area (Å²) in [6, 6.07) is 7.48. The van der Waals surface area contributed by atoms with Gasteiger partial charge in [0.15, 0.2) is 9.84 Å². The topological polar surface area (TPSA) is 72.6 Å². The quantitative estimate of drug-likeness (QED) is 0.820. The summed E-state index contributed by atoms with van der Waals surface area (Å²) in [5, 5.41) is 0. The van der Waals surface area contributed by atoms with Gasteiger partial charge in [0.2, 0.25) is 0 Å². The van der Waals surface area contributed by atoms with Gasteiger partial charge in [-0.2, -0.15) is 0 Å². The van der Waals surface area contributed by atoms with Gasteiger partial charge in [-0.05, 0) is 24.3 Å². The monoisotopic (exact) mass is 300 g/mol. The van der Waals surface area contributed by atoms with E-state index in [0.29, 0.717) is 23.8 Å². The zero-order valence-corrected chi connectivity index (χ0v) is 12.0.